The van der Waals surface area contributed by atoms with Crippen molar-refractivity contribution in [3.05, 3.63) is 63.6 Å². The normalized spacial score (nSPS) is 16.8. The molecule has 0 aliphatic heterocycles. The molecule has 0 aromatic heterocycles. The van der Waals surface area contributed by atoms with Gasteiger partial charge in [-0.25, -0.2) is 4.79 Å². The van der Waals surface area contributed by atoms with Gasteiger partial charge < -0.3 is 20.9 Å². The lowest BCUT2D eigenvalue weighted by atomic mass is 9.80. The molecule has 5 nitrogen and oxygen atoms in total. The number of hydrogen-bond donors (Lipinski definition) is 3. The second-order valence-corrected chi connectivity index (χ2v) is 8.74. The molecule has 4 N–H and O–H groups in total. The minimum atomic E-state index is -0.707. The highest BCUT2D eigenvalue weighted by molar-refractivity contribution is 9.10. The topological polar surface area (TPSA) is 84.6 Å². The zero-order valence-corrected chi connectivity index (χ0v) is 19.0. The zero-order chi connectivity index (χ0) is 21.5. The van der Waals surface area contributed by atoms with Crippen LogP contribution in [-0.2, 0) is 4.74 Å². The predicted octanol–water partition coefficient (Wildman–Crippen LogP) is 5.15. The van der Waals surface area contributed by atoms with Crippen LogP contribution in [0.5, 0.6) is 0 Å². The van der Waals surface area contributed by atoms with Crippen LogP contribution in [0.3, 0.4) is 0 Å². The predicted molar refractivity (Wildman–Crippen MR) is 123 cm³/mol. The van der Waals surface area contributed by atoms with Gasteiger partial charge in [-0.15, -0.1) is 0 Å². The first-order valence-electron chi connectivity index (χ1n) is 10.7. The molecule has 1 aliphatic rings. The Morgan fingerprint density at radius 1 is 1.23 bits per heavy atom. The van der Waals surface area contributed by atoms with Gasteiger partial charge in [0.05, 0.1) is 17.9 Å². The number of esters is 1. The Balaban J connectivity index is 1.88. The van der Waals surface area contributed by atoms with Crippen LogP contribution in [-0.4, -0.2) is 24.2 Å². The summed E-state index contributed by atoms with van der Waals surface area (Å²) >= 11 is 3.53. The number of rotatable bonds is 8. The van der Waals surface area contributed by atoms with E-state index in [2.05, 4.69) is 28.2 Å². The molecule has 0 bridgehead atoms. The summed E-state index contributed by atoms with van der Waals surface area (Å²) in [5.74, 6) is 0.0208. The Morgan fingerprint density at radius 2 is 1.93 bits per heavy atom. The molecule has 1 saturated carbocycles. The van der Waals surface area contributed by atoms with Gasteiger partial charge in [-0.05, 0) is 64.5 Å². The van der Waals surface area contributed by atoms with E-state index in [0.29, 0.717) is 21.6 Å². The summed E-state index contributed by atoms with van der Waals surface area (Å²) < 4.78 is 6.32. The largest absolute Gasteiger partial charge is 0.451 e. The van der Waals surface area contributed by atoms with Crippen LogP contribution in [0.2, 0.25) is 0 Å². The average Bonchev–Trinajstić information content (AvgIpc) is 2.78. The summed E-state index contributed by atoms with van der Waals surface area (Å²) in [6.45, 7) is 2.64. The van der Waals surface area contributed by atoms with Crippen LogP contribution in [0.15, 0.2) is 46.9 Å². The smallest absolute Gasteiger partial charge is 0.338 e. The number of aliphatic hydroxyl groups is 1. The van der Waals surface area contributed by atoms with E-state index in [0.717, 1.165) is 30.5 Å². The summed E-state index contributed by atoms with van der Waals surface area (Å²) in [4.78, 5) is 12.9. The van der Waals surface area contributed by atoms with Gasteiger partial charge in [-0.3, -0.25) is 0 Å². The highest BCUT2D eigenvalue weighted by Crippen LogP contribution is 2.39. The Hall–Kier alpha value is -1.89. The number of benzene rings is 2. The number of anilines is 1. The number of nitrogens with one attached hydrogen (secondary N) is 1. The van der Waals surface area contributed by atoms with Crippen molar-refractivity contribution in [3.8, 4) is 0 Å². The maximum atomic E-state index is 12.9. The van der Waals surface area contributed by atoms with Gasteiger partial charge in [0.25, 0.3) is 0 Å². The molecule has 2 aromatic carbocycles. The third kappa shape index (κ3) is 5.42. The van der Waals surface area contributed by atoms with Crippen molar-refractivity contribution in [1.82, 2.24) is 5.32 Å². The number of halogens is 1. The van der Waals surface area contributed by atoms with Crippen molar-refractivity contribution < 1.29 is 14.6 Å². The Morgan fingerprint density at radius 3 is 2.57 bits per heavy atom. The summed E-state index contributed by atoms with van der Waals surface area (Å²) in [5, 5.41) is 13.3. The standard InChI is InChI=1S/C24H31BrN2O3/c1-2-27-23(17-11-7-4-8-12-17)19-13-18(14-20(25)22(19)26)24(29)30-21(15-28)16-9-5-3-6-10-16/h3,5-6,9-10,13-14,17,21,23,27-28H,2,4,7-8,11-12,15,26H2,1H3. The van der Waals surface area contributed by atoms with E-state index in [1.807, 2.05) is 36.4 Å². The second-order valence-electron chi connectivity index (χ2n) is 7.88. The molecule has 162 valence electrons. The van der Waals surface area contributed by atoms with Crippen LogP contribution < -0.4 is 11.1 Å². The Labute approximate surface area is 187 Å². The Kier molecular flexibility index (Phi) is 8.31. The number of nitrogens with two attached hydrogens (primary N) is 1. The molecule has 0 spiro atoms. The molecule has 0 heterocycles. The van der Waals surface area contributed by atoms with Gasteiger partial charge in [0.1, 0.15) is 0 Å². The number of aliphatic hydroxyl groups excluding tert-OH is 1. The summed E-state index contributed by atoms with van der Waals surface area (Å²) in [6, 6.07) is 12.9. The van der Waals surface area contributed by atoms with E-state index in [1.54, 1.807) is 6.07 Å². The number of carbonyl (C=O) groups is 1. The minimum Gasteiger partial charge on any atom is -0.451 e. The molecule has 1 aliphatic carbocycles. The quantitative estimate of drug-likeness (QED) is 0.363. The molecule has 0 amide bonds. The fraction of sp³-hybridized carbons (Fsp3) is 0.458. The number of hydrogen-bond acceptors (Lipinski definition) is 5. The van der Waals surface area contributed by atoms with E-state index in [4.69, 9.17) is 10.5 Å². The maximum absolute atomic E-state index is 12.9. The summed E-state index contributed by atoms with van der Waals surface area (Å²) in [5.41, 5.74) is 9.21. The number of ether oxygens (including phenoxy) is 1. The van der Waals surface area contributed by atoms with Crippen molar-refractivity contribution in [3.63, 3.8) is 0 Å². The molecular formula is C24H31BrN2O3. The average molecular weight is 475 g/mol. The van der Waals surface area contributed by atoms with Gasteiger partial charge in [0.2, 0.25) is 0 Å². The van der Waals surface area contributed by atoms with Gasteiger partial charge >= 0.3 is 5.97 Å². The third-order valence-electron chi connectivity index (χ3n) is 5.86. The van der Waals surface area contributed by atoms with Crippen molar-refractivity contribution in [1.29, 1.82) is 0 Å². The zero-order valence-electron chi connectivity index (χ0n) is 17.4. The van der Waals surface area contributed by atoms with Crippen LogP contribution >= 0.6 is 15.9 Å². The number of carbonyl (C=O) groups excluding carboxylic acids is 1. The van der Waals surface area contributed by atoms with E-state index < -0.39 is 12.1 Å². The molecule has 2 unspecified atom stereocenters. The number of nitrogen functional groups attached to an aromatic ring is 1. The molecule has 0 radical (unpaired) electrons. The van der Waals surface area contributed by atoms with Crippen molar-refractivity contribution >= 4 is 27.6 Å². The van der Waals surface area contributed by atoms with Crippen molar-refractivity contribution in [2.24, 2.45) is 5.92 Å². The van der Waals surface area contributed by atoms with Crippen LogP contribution in [0.25, 0.3) is 0 Å². The first-order valence-corrected chi connectivity index (χ1v) is 11.5. The molecule has 1 fully saturated rings. The van der Waals surface area contributed by atoms with Crippen LogP contribution in [0.4, 0.5) is 5.69 Å². The Bertz CT molecular complexity index is 838. The maximum Gasteiger partial charge on any atom is 0.338 e. The van der Waals surface area contributed by atoms with Crippen molar-refractivity contribution in [2.45, 2.75) is 51.2 Å². The highest BCUT2D eigenvalue weighted by atomic mass is 79.9. The minimum absolute atomic E-state index is 0.0992. The fourth-order valence-corrected chi connectivity index (χ4v) is 4.78. The summed E-state index contributed by atoms with van der Waals surface area (Å²) in [7, 11) is 0. The van der Waals surface area contributed by atoms with Gasteiger partial charge in [-0.1, -0.05) is 56.5 Å². The lowest BCUT2D eigenvalue weighted by Crippen LogP contribution is -2.30. The second kappa shape index (κ2) is 10.9. The highest BCUT2D eigenvalue weighted by Gasteiger charge is 2.28. The molecule has 0 saturated heterocycles. The molecule has 2 aromatic rings. The molecule has 6 heteroatoms. The van der Waals surface area contributed by atoms with Crippen LogP contribution in [0.1, 0.15) is 72.7 Å². The molecule has 30 heavy (non-hydrogen) atoms. The van der Waals surface area contributed by atoms with Crippen LogP contribution in [0, 0.1) is 5.92 Å². The summed E-state index contributed by atoms with van der Waals surface area (Å²) in [6.07, 6.45) is 5.34. The molecular weight excluding hydrogens is 444 g/mol. The van der Waals surface area contributed by atoms with Gasteiger partial charge in [0.15, 0.2) is 6.10 Å². The first kappa shape index (κ1) is 22.8. The third-order valence-corrected chi connectivity index (χ3v) is 6.52. The van der Waals surface area contributed by atoms with E-state index in [-0.39, 0.29) is 12.6 Å². The monoisotopic (exact) mass is 474 g/mol. The molecule has 2 atom stereocenters. The van der Waals surface area contributed by atoms with E-state index >= 15 is 0 Å². The first-order chi connectivity index (χ1) is 14.5. The van der Waals surface area contributed by atoms with E-state index in [9.17, 15) is 9.90 Å². The van der Waals surface area contributed by atoms with E-state index in [1.165, 1.54) is 19.3 Å². The SMILES string of the molecule is CCNC(c1cc(C(=O)OC(CO)c2ccccc2)cc(Br)c1N)C1CCCCC1. The molecule has 3 rings (SSSR count). The van der Waals surface area contributed by atoms with Gasteiger partial charge in [0, 0.05) is 10.5 Å². The fourth-order valence-electron chi connectivity index (χ4n) is 4.31. The van der Waals surface area contributed by atoms with Crippen molar-refractivity contribution in [2.75, 3.05) is 18.9 Å². The lowest BCUT2D eigenvalue weighted by molar-refractivity contribution is 0.0132. The lowest BCUT2D eigenvalue weighted by Gasteiger charge is -2.32. The van der Waals surface area contributed by atoms with Gasteiger partial charge in [-0.2, -0.15) is 0 Å².